The Bertz CT molecular complexity index is 464. The molecule has 0 radical (unpaired) electrons. The number of nitrogens with zero attached hydrogens (tertiary/aromatic N) is 2. The van der Waals surface area contributed by atoms with Crippen molar-refractivity contribution in [2.24, 2.45) is 0 Å². The Morgan fingerprint density at radius 1 is 1.18 bits per heavy atom. The highest BCUT2D eigenvalue weighted by atomic mass is 79.9. The van der Waals surface area contributed by atoms with Gasteiger partial charge < -0.3 is 5.11 Å². The summed E-state index contributed by atoms with van der Waals surface area (Å²) >= 11 is 4.72. The summed E-state index contributed by atoms with van der Waals surface area (Å²) < 4.78 is 0.852. The van der Waals surface area contributed by atoms with Crippen molar-refractivity contribution in [2.75, 3.05) is 5.75 Å². The minimum Gasteiger partial charge on any atom is -0.388 e. The van der Waals surface area contributed by atoms with Crippen LogP contribution < -0.4 is 0 Å². The monoisotopic (exact) mass is 310 g/mol. The predicted molar refractivity (Wildman–Crippen MR) is 71.9 cm³/mol. The normalized spacial score (nSPS) is 12.4. The average Bonchev–Trinajstić information content (AvgIpc) is 2.39. The molecule has 1 N–H and O–H groups in total. The SMILES string of the molecule is O[C@H](CSc1ncc(Br)cn1)c1ccccc1. The third kappa shape index (κ3) is 3.80. The molecule has 17 heavy (non-hydrogen) atoms. The Hall–Kier alpha value is -0.910. The molecule has 0 spiro atoms. The first-order chi connectivity index (χ1) is 8.25. The molecular weight excluding hydrogens is 300 g/mol. The maximum atomic E-state index is 9.95. The van der Waals surface area contributed by atoms with E-state index in [1.54, 1.807) is 12.4 Å². The summed E-state index contributed by atoms with van der Waals surface area (Å²) in [4.78, 5) is 8.28. The average molecular weight is 311 g/mol. The van der Waals surface area contributed by atoms with E-state index in [2.05, 4.69) is 25.9 Å². The number of aliphatic hydroxyl groups excluding tert-OH is 1. The van der Waals surface area contributed by atoms with Gasteiger partial charge in [0.25, 0.3) is 0 Å². The number of hydrogen-bond donors (Lipinski definition) is 1. The van der Waals surface area contributed by atoms with E-state index in [0.717, 1.165) is 10.0 Å². The first-order valence-corrected chi connectivity index (χ1v) is 6.87. The van der Waals surface area contributed by atoms with Crippen molar-refractivity contribution in [2.45, 2.75) is 11.3 Å². The van der Waals surface area contributed by atoms with Crippen LogP contribution in [0.4, 0.5) is 0 Å². The Kier molecular flexibility index (Phi) is 4.53. The fraction of sp³-hybridized carbons (Fsp3) is 0.167. The number of hydrogen-bond acceptors (Lipinski definition) is 4. The summed E-state index contributed by atoms with van der Waals surface area (Å²) in [7, 11) is 0. The molecule has 0 saturated heterocycles. The lowest BCUT2D eigenvalue weighted by Gasteiger charge is -2.09. The minimum absolute atomic E-state index is 0.492. The van der Waals surface area contributed by atoms with E-state index in [1.165, 1.54) is 11.8 Å². The van der Waals surface area contributed by atoms with Crippen LogP contribution in [0.5, 0.6) is 0 Å². The van der Waals surface area contributed by atoms with Gasteiger partial charge in [-0.05, 0) is 21.5 Å². The topological polar surface area (TPSA) is 46.0 Å². The van der Waals surface area contributed by atoms with E-state index >= 15 is 0 Å². The van der Waals surface area contributed by atoms with Gasteiger partial charge in [0.15, 0.2) is 5.16 Å². The second-order valence-electron chi connectivity index (χ2n) is 3.42. The molecule has 0 fully saturated rings. The number of rotatable bonds is 4. The second-order valence-corrected chi connectivity index (χ2v) is 5.32. The molecule has 2 aromatic rings. The van der Waals surface area contributed by atoms with Gasteiger partial charge in [0.05, 0.1) is 10.6 Å². The molecule has 1 aromatic carbocycles. The molecule has 0 saturated carbocycles. The van der Waals surface area contributed by atoms with E-state index in [0.29, 0.717) is 10.9 Å². The molecule has 3 nitrogen and oxygen atoms in total. The van der Waals surface area contributed by atoms with Crippen LogP contribution in [-0.2, 0) is 0 Å². The van der Waals surface area contributed by atoms with Crippen LogP contribution in [0.2, 0.25) is 0 Å². The van der Waals surface area contributed by atoms with Gasteiger partial charge in [0, 0.05) is 18.1 Å². The molecule has 5 heteroatoms. The first-order valence-electron chi connectivity index (χ1n) is 5.09. The van der Waals surface area contributed by atoms with Gasteiger partial charge in [-0.2, -0.15) is 0 Å². The van der Waals surface area contributed by atoms with Crippen LogP contribution in [0.25, 0.3) is 0 Å². The molecular formula is C12H11BrN2OS. The minimum atomic E-state index is -0.492. The van der Waals surface area contributed by atoms with E-state index in [1.807, 2.05) is 30.3 Å². The van der Waals surface area contributed by atoms with Crippen LogP contribution in [0.3, 0.4) is 0 Å². The molecule has 1 heterocycles. The summed E-state index contributed by atoms with van der Waals surface area (Å²) in [5.74, 6) is 0.547. The highest BCUT2D eigenvalue weighted by Gasteiger charge is 2.08. The molecule has 1 aromatic heterocycles. The fourth-order valence-corrected chi connectivity index (χ4v) is 2.26. The first kappa shape index (κ1) is 12.5. The third-order valence-corrected chi connectivity index (χ3v) is 3.51. The predicted octanol–water partition coefficient (Wildman–Crippen LogP) is 3.06. The number of aliphatic hydroxyl groups is 1. The number of benzene rings is 1. The Balaban J connectivity index is 1.92. The van der Waals surface area contributed by atoms with Gasteiger partial charge in [-0.15, -0.1) is 0 Å². The molecule has 0 aliphatic heterocycles. The molecule has 1 atom stereocenters. The lowest BCUT2D eigenvalue weighted by molar-refractivity contribution is 0.204. The summed E-state index contributed by atoms with van der Waals surface area (Å²) in [6, 6.07) is 9.58. The molecule has 0 unspecified atom stereocenters. The van der Waals surface area contributed by atoms with Crippen molar-refractivity contribution in [3.63, 3.8) is 0 Å². The maximum Gasteiger partial charge on any atom is 0.187 e. The van der Waals surface area contributed by atoms with Gasteiger partial charge in [-0.3, -0.25) is 0 Å². The summed E-state index contributed by atoms with van der Waals surface area (Å²) in [5, 5.41) is 10.6. The largest absolute Gasteiger partial charge is 0.388 e. The smallest absolute Gasteiger partial charge is 0.187 e. The van der Waals surface area contributed by atoms with Gasteiger partial charge >= 0.3 is 0 Å². The quantitative estimate of drug-likeness (QED) is 0.696. The van der Waals surface area contributed by atoms with E-state index < -0.39 is 6.10 Å². The zero-order valence-corrected chi connectivity index (χ0v) is 11.4. The van der Waals surface area contributed by atoms with Crippen LogP contribution in [0.15, 0.2) is 52.4 Å². The molecule has 88 valence electrons. The highest BCUT2D eigenvalue weighted by Crippen LogP contribution is 2.22. The van der Waals surface area contributed by atoms with Crippen LogP contribution in [0.1, 0.15) is 11.7 Å². The Labute approximate surface area is 112 Å². The molecule has 0 bridgehead atoms. The Morgan fingerprint density at radius 2 is 1.82 bits per heavy atom. The zero-order valence-electron chi connectivity index (χ0n) is 8.95. The van der Waals surface area contributed by atoms with Crippen LogP contribution >= 0.6 is 27.7 Å². The van der Waals surface area contributed by atoms with E-state index in [-0.39, 0.29) is 0 Å². The van der Waals surface area contributed by atoms with E-state index in [9.17, 15) is 5.11 Å². The van der Waals surface area contributed by atoms with Crippen molar-refractivity contribution >= 4 is 27.7 Å². The summed E-state index contributed by atoms with van der Waals surface area (Å²) in [6.45, 7) is 0. The standard InChI is InChI=1S/C12H11BrN2OS/c13-10-6-14-12(15-7-10)17-8-11(16)9-4-2-1-3-5-9/h1-7,11,16H,8H2/t11-/m1/s1. The third-order valence-electron chi connectivity index (χ3n) is 2.15. The number of thioether (sulfide) groups is 1. The van der Waals surface area contributed by atoms with Crippen molar-refractivity contribution in [1.29, 1.82) is 0 Å². The lowest BCUT2D eigenvalue weighted by Crippen LogP contribution is -2.00. The number of halogens is 1. The van der Waals surface area contributed by atoms with Crippen molar-refractivity contribution in [3.8, 4) is 0 Å². The summed E-state index contributed by atoms with van der Waals surface area (Å²) in [5.41, 5.74) is 0.914. The molecule has 0 amide bonds. The van der Waals surface area contributed by atoms with Crippen molar-refractivity contribution in [1.82, 2.24) is 9.97 Å². The van der Waals surface area contributed by atoms with Gasteiger partial charge in [-0.25, -0.2) is 9.97 Å². The molecule has 0 aliphatic rings. The van der Waals surface area contributed by atoms with Crippen LogP contribution in [0, 0.1) is 0 Å². The van der Waals surface area contributed by atoms with Gasteiger partial charge in [0.1, 0.15) is 0 Å². The van der Waals surface area contributed by atoms with E-state index in [4.69, 9.17) is 0 Å². The maximum absolute atomic E-state index is 9.95. The van der Waals surface area contributed by atoms with Crippen molar-refractivity contribution < 1.29 is 5.11 Å². The van der Waals surface area contributed by atoms with Gasteiger partial charge in [-0.1, -0.05) is 42.1 Å². The zero-order chi connectivity index (χ0) is 12.1. The molecule has 2 rings (SSSR count). The highest BCUT2D eigenvalue weighted by molar-refractivity contribution is 9.10. The van der Waals surface area contributed by atoms with Gasteiger partial charge in [0.2, 0.25) is 0 Å². The van der Waals surface area contributed by atoms with Crippen molar-refractivity contribution in [3.05, 3.63) is 52.8 Å². The second kappa shape index (κ2) is 6.14. The fourth-order valence-electron chi connectivity index (χ4n) is 1.30. The lowest BCUT2D eigenvalue weighted by atomic mass is 10.1. The number of aromatic nitrogens is 2. The van der Waals surface area contributed by atoms with Crippen LogP contribution in [-0.4, -0.2) is 20.8 Å². The molecule has 0 aliphatic carbocycles. The Morgan fingerprint density at radius 3 is 2.47 bits per heavy atom. The summed E-state index contributed by atoms with van der Waals surface area (Å²) in [6.07, 6.45) is 2.91.